The van der Waals surface area contributed by atoms with E-state index in [-0.39, 0.29) is 17.2 Å². The van der Waals surface area contributed by atoms with Crippen LogP contribution in [0.3, 0.4) is 0 Å². The molecule has 0 saturated carbocycles. The van der Waals surface area contributed by atoms with Crippen molar-refractivity contribution in [2.45, 2.75) is 12.5 Å². The number of carbonyl (C=O) groups is 3. The number of nitrogens with one attached hydrogen (secondary N) is 2. The Labute approximate surface area is 180 Å². The predicted octanol–water partition coefficient (Wildman–Crippen LogP) is 2.69. The summed E-state index contributed by atoms with van der Waals surface area (Å²) < 4.78 is 14.6. The van der Waals surface area contributed by atoms with Crippen LogP contribution in [0, 0.1) is 5.82 Å². The lowest BCUT2D eigenvalue weighted by Crippen LogP contribution is -2.49. The fourth-order valence-corrected chi connectivity index (χ4v) is 3.27. The number of hydrogen-bond acceptors (Lipinski definition) is 4. The second kappa shape index (κ2) is 8.66. The topological polar surface area (TPSA) is 81.8 Å². The number of para-hydroxylation sites is 1. The molecule has 7 nitrogen and oxygen atoms in total. The van der Waals surface area contributed by atoms with Gasteiger partial charge in [0.2, 0.25) is 5.91 Å². The lowest BCUT2D eigenvalue weighted by atomic mass is 10.2. The van der Waals surface area contributed by atoms with Gasteiger partial charge in [-0.3, -0.25) is 24.7 Å². The molecule has 1 aliphatic heterocycles. The van der Waals surface area contributed by atoms with Gasteiger partial charge in [-0.2, -0.15) is 0 Å². The van der Waals surface area contributed by atoms with E-state index in [2.05, 4.69) is 26.7 Å². The maximum absolute atomic E-state index is 13.7. The molecule has 1 heterocycles. The maximum atomic E-state index is 13.7. The number of carbonyl (C=O) groups excluding carboxylic acids is 3. The first-order valence-electron chi connectivity index (χ1n) is 8.49. The summed E-state index contributed by atoms with van der Waals surface area (Å²) >= 11 is 8.52. The number of nitrogens with zero attached hydrogens (tertiary/aromatic N) is 2. The van der Waals surface area contributed by atoms with E-state index in [1.165, 1.54) is 35.2 Å². The van der Waals surface area contributed by atoms with E-state index >= 15 is 0 Å². The molecule has 150 valence electrons. The van der Waals surface area contributed by atoms with Crippen molar-refractivity contribution in [1.29, 1.82) is 0 Å². The van der Waals surface area contributed by atoms with Crippen molar-refractivity contribution in [3.05, 3.63) is 64.4 Å². The standard InChI is InChI=1S/C19H16BrFN4O3S/c1-24-18(28)15(10-16(26)22-14-5-3-2-4-13(14)21)25(19(24)29)23-17(27)11-6-8-12(20)9-7-11/h2-9,15H,10H2,1H3,(H,22,26)(H,23,27)/t15-/m0/s1. The largest absolute Gasteiger partial charge is 0.324 e. The van der Waals surface area contributed by atoms with Crippen LogP contribution in [0.1, 0.15) is 16.8 Å². The monoisotopic (exact) mass is 478 g/mol. The summed E-state index contributed by atoms with van der Waals surface area (Å²) in [6.45, 7) is 0. The molecule has 3 amide bonds. The van der Waals surface area contributed by atoms with Gasteiger partial charge in [0.25, 0.3) is 11.8 Å². The highest BCUT2D eigenvalue weighted by molar-refractivity contribution is 9.10. The highest BCUT2D eigenvalue weighted by Crippen LogP contribution is 2.20. The predicted molar refractivity (Wildman–Crippen MR) is 112 cm³/mol. The van der Waals surface area contributed by atoms with E-state index in [1.54, 1.807) is 30.3 Å². The Hall–Kier alpha value is -2.85. The van der Waals surface area contributed by atoms with E-state index in [4.69, 9.17) is 12.2 Å². The molecule has 0 aromatic heterocycles. The molecule has 0 spiro atoms. The van der Waals surface area contributed by atoms with Crippen molar-refractivity contribution in [2.75, 3.05) is 12.4 Å². The summed E-state index contributed by atoms with van der Waals surface area (Å²) in [6, 6.07) is 11.3. The molecule has 0 unspecified atom stereocenters. The third kappa shape index (κ3) is 4.60. The van der Waals surface area contributed by atoms with Gasteiger partial charge in [-0.05, 0) is 48.6 Å². The number of hydrazine groups is 1. The highest BCUT2D eigenvalue weighted by Gasteiger charge is 2.42. The molecule has 1 aliphatic rings. The molecule has 1 saturated heterocycles. The Balaban J connectivity index is 1.74. The van der Waals surface area contributed by atoms with E-state index in [9.17, 15) is 18.8 Å². The van der Waals surface area contributed by atoms with Crippen LogP contribution in [0.15, 0.2) is 53.0 Å². The molecule has 2 N–H and O–H groups in total. The number of benzene rings is 2. The van der Waals surface area contributed by atoms with Crippen LogP contribution in [-0.2, 0) is 9.59 Å². The first kappa shape index (κ1) is 20.9. The third-order valence-electron chi connectivity index (χ3n) is 4.28. The van der Waals surface area contributed by atoms with Gasteiger partial charge in [-0.15, -0.1) is 0 Å². The number of hydrogen-bond donors (Lipinski definition) is 2. The Morgan fingerprint density at radius 3 is 2.48 bits per heavy atom. The van der Waals surface area contributed by atoms with Crippen LogP contribution in [0.25, 0.3) is 0 Å². The summed E-state index contributed by atoms with van der Waals surface area (Å²) in [6.07, 6.45) is -0.321. The van der Waals surface area contributed by atoms with Gasteiger partial charge in [-0.25, -0.2) is 9.40 Å². The normalized spacial score (nSPS) is 16.2. The smallest absolute Gasteiger partial charge is 0.269 e. The second-order valence-electron chi connectivity index (χ2n) is 6.25. The molecule has 2 aromatic carbocycles. The van der Waals surface area contributed by atoms with Gasteiger partial charge in [-0.1, -0.05) is 28.1 Å². The van der Waals surface area contributed by atoms with Crippen LogP contribution in [0.2, 0.25) is 0 Å². The van der Waals surface area contributed by atoms with Gasteiger partial charge >= 0.3 is 0 Å². The van der Waals surface area contributed by atoms with Crippen LogP contribution in [-0.4, -0.2) is 45.8 Å². The average molecular weight is 479 g/mol. The summed E-state index contributed by atoms with van der Waals surface area (Å²) in [5.74, 6) is -2.11. The van der Waals surface area contributed by atoms with Crippen molar-refractivity contribution < 1.29 is 18.8 Å². The molecular weight excluding hydrogens is 463 g/mol. The molecule has 2 aromatic rings. The molecule has 0 aliphatic carbocycles. The molecule has 1 atom stereocenters. The van der Waals surface area contributed by atoms with Crippen LogP contribution >= 0.6 is 28.1 Å². The van der Waals surface area contributed by atoms with Crippen LogP contribution < -0.4 is 10.7 Å². The van der Waals surface area contributed by atoms with E-state index in [0.29, 0.717) is 5.56 Å². The second-order valence-corrected chi connectivity index (χ2v) is 7.53. The van der Waals surface area contributed by atoms with Gasteiger partial charge in [0.1, 0.15) is 11.9 Å². The van der Waals surface area contributed by atoms with Crippen molar-refractivity contribution in [2.24, 2.45) is 0 Å². The molecule has 3 rings (SSSR count). The summed E-state index contributed by atoms with van der Waals surface area (Å²) in [5.41, 5.74) is 2.94. The summed E-state index contributed by atoms with van der Waals surface area (Å²) in [4.78, 5) is 38.6. The molecule has 29 heavy (non-hydrogen) atoms. The lowest BCUT2D eigenvalue weighted by molar-refractivity contribution is -0.130. The fourth-order valence-electron chi connectivity index (χ4n) is 2.74. The van der Waals surface area contributed by atoms with Crippen molar-refractivity contribution >= 4 is 56.7 Å². The lowest BCUT2D eigenvalue weighted by Gasteiger charge is -2.24. The number of amides is 3. The average Bonchev–Trinajstić information content (AvgIpc) is 2.88. The van der Waals surface area contributed by atoms with Crippen LogP contribution in [0.4, 0.5) is 10.1 Å². The number of anilines is 1. The first-order chi connectivity index (χ1) is 13.8. The minimum atomic E-state index is -1.04. The van der Waals surface area contributed by atoms with Crippen molar-refractivity contribution in [3.63, 3.8) is 0 Å². The van der Waals surface area contributed by atoms with Gasteiger partial charge < -0.3 is 5.32 Å². The number of likely N-dealkylation sites (N-methyl/N-ethyl adjacent to an activating group) is 1. The van der Waals surface area contributed by atoms with Gasteiger partial charge in [0.05, 0.1) is 12.1 Å². The molecule has 10 heteroatoms. The zero-order valence-electron chi connectivity index (χ0n) is 15.2. The maximum Gasteiger partial charge on any atom is 0.269 e. The Bertz CT molecular complexity index is 986. The van der Waals surface area contributed by atoms with E-state index < -0.39 is 29.6 Å². The minimum Gasteiger partial charge on any atom is -0.324 e. The first-order valence-corrected chi connectivity index (χ1v) is 9.69. The van der Waals surface area contributed by atoms with E-state index in [1.807, 2.05) is 0 Å². The minimum absolute atomic E-state index is 0.00400. The summed E-state index contributed by atoms with van der Waals surface area (Å²) in [5, 5.41) is 3.67. The Kier molecular flexibility index (Phi) is 6.23. The molecular formula is C19H16BrFN4O3S. The Morgan fingerprint density at radius 1 is 1.17 bits per heavy atom. The molecule has 0 radical (unpaired) electrons. The van der Waals surface area contributed by atoms with Gasteiger partial charge in [0.15, 0.2) is 5.11 Å². The van der Waals surface area contributed by atoms with Crippen molar-refractivity contribution in [3.8, 4) is 0 Å². The number of halogens is 2. The zero-order valence-corrected chi connectivity index (χ0v) is 17.6. The number of rotatable bonds is 5. The van der Waals surface area contributed by atoms with Crippen LogP contribution in [0.5, 0.6) is 0 Å². The zero-order chi connectivity index (χ0) is 21.1. The Morgan fingerprint density at radius 2 is 1.83 bits per heavy atom. The van der Waals surface area contributed by atoms with E-state index in [0.717, 1.165) is 4.47 Å². The quantitative estimate of drug-likeness (QED) is 0.645. The summed E-state index contributed by atoms with van der Waals surface area (Å²) in [7, 11) is 1.46. The fraction of sp³-hybridized carbons (Fsp3) is 0.158. The third-order valence-corrected chi connectivity index (χ3v) is 5.27. The highest BCUT2D eigenvalue weighted by atomic mass is 79.9. The molecule has 0 bridgehead atoms. The SMILES string of the molecule is CN1C(=O)[C@H](CC(=O)Nc2ccccc2F)N(NC(=O)c2ccc(Br)cc2)C1=S. The number of thiocarbonyl (C=S) groups is 1. The van der Waals surface area contributed by atoms with Gasteiger partial charge in [0, 0.05) is 17.1 Å². The molecule has 1 fully saturated rings. The van der Waals surface area contributed by atoms with Crippen molar-refractivity contribution in [1.82, 2.24) is 15.3 Å².